The maximum Gasteiger partial charge on any atom is 0.165 e. The van der Waals surface area contributed by atoms with Crippen molar-refractivity contribution in [2.45, 2.75) is 18.6 Å². The van der Waals surface area contributed by atoms with Gasteiger partial charge in [0.2, 0.25) is 0 Å². The van der Waals surface area contributed by atoms with Crippen LogP contribution < -0.4 is 4.90 Å². The van der Waals surface area contributed by atoms with E-state index in [0.717, 1.165) is 40.6 Å². The number of benzene rings is 1. The highest BCUT2D eigenvalue weighted by Crippen LogP contribution is 2.35. The van der Waals surface area contributed by atoms with Crippen molar-refractivity contribution in [2.24, 2.45) is 7.05 Å². The Morgan fingerprint density at radius 3 is 2.83 bits per heavy atom. The van der Waals surface area contributed by atoms with Crippen molar-refractivity contribution in [3.63, 3.8) is 0 Å². The summed E-state index contributed by atoms with van der Waals surface area (Å²) in [7, 11) is 1.87. The van der Waals surface area contributed by atoms with Gasteiger partial charge < -0.3 is 10.0 Å². The van der Waals surface area contributed by atoms with Crippen LogP contribution in [0.25, 0.3) is 33.3 Å². The molecular formula is C21H22N6OS. The Labute approximate surface area is 172 Å². The van der Waals surface area contributed by atoms with E-state index in [4.69, 9.17) is 0 Å². The summed E-state index contributed by atoms with van der Waals surface area (Å²) in [5.74, 6) is 0.625. The third-order valence-electron chi connectivity index (χ3n) is 5.63. The highest BCUT2D eigenvalue weighted by Gasteiger charge is 2.22. The van der Waals surface area contributed by atoms with Crippen molar-refractivity contribution in [3.05, 3.63) is 36.3 Å². The fourth-order valence-electron chi connectivity index (χ4n) is 3.98. The zero-order valence-electron chi connectivity index (χ0n) is 16.6. The fourth-order valence-corrected chi connectivity index (χ4v) is 4.65. The molecule has 8 heteroatoms. The van der Waals surface area contributed by atoms with E-state index in [1.54, 1.807) is 10.9 Å². The van der Waals surface area contributed by atoms with Gasteiger partial charge in [-0.25, -0.2) is 15.0 Å². The molecule has 1 aliphatic rings. The Morgan fingerprint density at radius 2 is 2.03 bits per heavy atom. The molecule has 29 heavy (non-hydrogen) atoms. The van der Waals surface area contributed by atoms with Crippen LogP contribution >= 0.6 is 11.8 Å². The third-order valence-corrected chi connectivity index (χ3v) is 6.68. The van der Waals surface area contributed by atoms with E-state index in [2.05, 4.69) is 37.3 Å². The lowest BCUT2D eigenvalue weighted by atomic mass is 10.1. The second kappa shape index (κ2) is 6.88. The molecule has 1 saturated heterocycles. The second-order valence-corrected chi connectivity index (χ2v) is 8.67. The fraction of sp³-hybridized carbons (Fsp3) is 0.333. The van der Waals surface area contributed by atoms with Crippen LogP contribution in [0.3, 0.4) is 0 Å². The number of hydrogen-bond donors (Lipinski definition) is 1. The molecule has 148 valence electrons. The number of aryl methyl sites for hydroxylation is 2. The van der Waals surface area contributed by atoms with Gasteiger partial charge in [0, 0.05) is 54.1 Å². The Morgan fingerprint density at radius 1 is 1.17 bits per heavy atom. The number of rotatable bonds is 3. The summed E-state index contributed by atoms with van der Waals surface area (Å²) in [4.78, 5) is 16.1. The van der Waals surface area contributed by atoms with Crippen molar-refractivity contribution in [1.29, 1.82) is 0 Å². The van der Waals surface area contributed by atoms with Crippen LogP contribution in [0.1, 0.15) is 12.0 Å². The molecule has 0 radical (unpaired) electrons. The second-order valence-electron chi connectivity index (χ2n) is 7.53. The molecule has 1 aromatic carbocycles. The largest absolute Gasteiger partial charge is 0.507 e. The minimum Gasteiger partial charge on any atom is -0.507 e. The maximum absolute atomic E-state index is 10.7. The van der Waals surface area contributed by atoms with Crippen molar-refractivity contribution in [1.82, 2.24) is 24.7 Å². The summed E-state index contributed by atoms with van der Waals surface area (Å²) in [5.41, 5.74) is 3.84. The first kappa shape index (κ1) is 18.2. The van der Waals surface area contributed by atoms with Crippen LogP contribution in [0.4, 0.5) is 5.69 Å². The van der Waals surface area contributed by atoms with E-state index >= 15 is 0 Å². The molecule has 0 spiro atoms. The maximum atomic E-state index is 10.7. The summed E-state index contributed by atoms with van der Waals surface area (Å²) in [6.45, 7) is 3.96. The normalized spacial score (nSPS) is 16.9. The van der Waals surface area contributed by atoms with E-state index in [-0.39, 0.29) is 5.75 Å². The smallest absolute Gasteiger partial charge is 0.165 e. The summed E-state index contributed by atoms with van der Waals surface area (Å²) >= 11 is 1.92. The number of pyridine rings is 1. The Bertz CT molecular complexity index is 1240. The summed E-state index contributed by atoms with van der Waals surface area (Å²) < 4.78 is 1.74. The summed E-state index contributed by atoms with van der Waals surface area (Å²) in [5, 5.41) is 17.6. The van der Waals surface area contributed by atoms with Crippen molar-refractivity contribution in [3.8, 4) is 17.1 Å². The van der Waals surface area contributed by atoms with Gasteiger partial charge in [-0.1, -0.05) is 0 Å². The van der Waals surface area contributed by atoms with Crippen molar-refractivity contribution < 1.29 is 5.11 Å². The Balaban J connectivity index is 1.54. The molecule has 1 aliphatic heterocycles. The zero-order valence-corrected chi connectivity index (χ0v) is 17.4. The minimum atomic E-state index is 0.160. The van der Waals surface area contributed by atoms with Crippen LogP contribution in [0.5, 0.6) is 5.75 Å². The lowest BCUT2D eigenvalue weighted by Crippen LogP contribution is -2.20. The SMILES string of the molecule is CSC1CCN(c2cnc3nc(-c4cc5cn(C)nc5c(C)c4O)ncc3c2)C1. The van der Waals surface area contributed by atoms with E-state index in [0.29, 0.717) is 22.3 Å². The quantitative estimate of drug-likeness (QED) is 0.557. The van der Waals surface area contributed by atoms with Crippen LogP contribution in [-0.2, 0) is 7.05 Å². The number of phenols is 1. The lowest BCUT2D eigenvalue weighted by Gasteiger charge is -2.18. The molecule has 1 N–H and O–H groups in total. The zero-order chi connectivity index (χ0) is 20.1. The van der Waals surface area contributed by atoms with Crippen LogP contribution in [0.2, 0.25) is 0 Å². The van der Waals surface area contributed by atoms with E-state index in [9.17, 15) is 5.11 Å². The van der Waals surface area contributed by atoms with Crippen LogP contribution in [0, 0.1) is 6.92 Å². The van der Waals surface area contributed by atoms with Gasteiger partial charge in [-0.3, -0.25) is 4.68 Å². The molecule has 4 heterocycles. The number of anilines is 1. The third kappa shape index (κ3) is 3.07. The van der Waals surface area contributed by atoms with Gasteiger partial charge in [0.25, 0.3) is 0 Å². The molecule has 1 atom stereocenters. The highest BCUT2D eigenvalue weighted by atomic mass is 32.2. The number of phenolic OH excluding ortho intramolecular Hbond substituents is 1. The monoisotopic (exact) mass is 406 g/mol. The molecule has 0 bridgehead atoms. The first-order valence-electron chi connectivity index (χ1n) is 9.60. The van der Waals surface area contributed by atoms with E-state index in [1.165, 1.54) is 6.42 Å². The average molecular weight is 407 g/mol. The molecule has 7 nitrogen and oxygen atoms in total. The number of thioether (sulfide) groups is 1. The molecule has 5 rings (SSSR count). The Kier molecular flexibility index (Phi) is 4.31. The highest BCUT2D eigenvalue weighted by molar-refractivity contribution is 7.99. The standard InChI is InChI=1S/C21H22N6OS/c1-12-18-14(10-26(2)25-18)7-17(19(12)28)21-22-8-13-6-15(9-23-20(13)24-21)27-5-4-16(11-27)29-3/h6-10,16,28H,4-5,11H2,1-3H3. The first-order chi connectivity index (χ1) is 14.0. The van der Waals surface area contributed by atoms with Gasteiger partial charge in [-0.15, -0.1) is 0 Å². The average Bonchev–Trinajstić information content (AvgIpc) is 3.36. The number of aromatic nitrogens is 5. The number of hydrogen-bond acceptors (Lipinski definition) is 7. The number of aromatic hydroxyl groups is 1. The van der Waals surface area contributed by atoms with Gasteiger partial charge in [0.1, 0.15) is 5.75 Å². The number of fused-ring (bicyclic) bond motifs is 2. The van der Waals surface area contributed by atoms with Gasteiger partial charge in [-0.05, 0) is 31.7 Å². The minimum absolute atomic E-state index is 0.160. The molecule has 3 aromatic heterocycles. The van der Waals surface area contributed by atoms with Crippen LogP contribution in [-0.4, -0.2) is 54.4 Å². The summed E-state index contributed by atoms with van der Waals surface area (Å²) in [6.07, 6.45) is 8.97. The number of nitrogens with zero attached hydrogens (tertiary/aromatic N) is 6. The molecule has 1 fully saturated rings. The molecule has 0 aliphatic carbocycles. The van der Waals surface area contributed by atoms with E-state index < -0.39 is 0 Å². The molecule has 1 unspecified atom stereocenters. The van der Waals surface area contributed by atoms with E-state index in [1.807, 2.05) is 44.2 Å². The van der Waals surface area contributed by atoms with Crippen LogP contribution in [0.15, 0.2) is 30.7 Å². The Hall–Kier alpha value is -2.87. The lowest BCUT2D eigenvalue weighted by molar-refractivity contribution is 0.473. The predicted molar refractivity (Wildman–Crippen MR) is 118 cm³/mol. The van der Waals surface area contributed by atoms with Gasteiger partial charge in [0.05, 0.1) is 23.0 Å². The topological polar surface area (TPSA) is 80.0 Å². The molecule has 4 aromatic rings. The summed E-state index contributed by atoms with van der Waals surface area (Å²) in [6, 6.07) is 3.98. The van der Waals surface area contributed by atoms with Gasteiger partial charge in [0.15, 0.2) is 11.5 Å². The molecular weight excluding hydrogens is 384 g/mol. The van der Waals surface area contributed by atoms with Crippen molar-refractivity contribution >= 4 is 39.4 Å². The van der Waals surface area contributed by atoms with Crippen molar-refractivity contribution in [2.75, 3.05) is 24.2 Å². The van der Waals surface area contributed by atoms with Gasteiger partial charge >= 0.3 is 0 Å². The first-order valence-corrected chi connectivity index (χ1v) is 10.9. The van der Waals surface area contributed by atoms with Gasteiger partial charge in [-0.2, -0.15) is 16.9 Å². The molecule has 0 saturated carbocycles. The molecule has 0 amide bonds. The predicted octanol–water partition coefficient (Wildman–Crippen LogP) is 3.53.